The average Bonchev–Trinajstić information content (AvgIpc) is 2.60. The Labute approximate surface area is 152 Å². The number of aryl methyl sites for hydroxylation is 1. The van der Waals surface area contributed by atoms with E-state index < -0.39 is 10.0 Å². The van der Waals surface area contributed by atoms with E-state index in [1.165, 1.54) is 4.57 Å². The first kappa shape index (κ1) is 18.2. The van der Waals surface area contributed by atoms with E-state index in [1.807, 2.05) is 30.3 Å². The zero-order chi connectivity index (χ0) is 18.9. The second-order valence-electron chi connectivity index (χ2n) is 6.48. The van der Waals surface area contributed by atoms with Crippen molar-refractivity contribution in [2.45, 2.75) is 18.9 Å². The van der Waals surface area contributed by atoms with Crippen molar-refractivity contribution in [1.29, 1.82) is 5.26 Å². The Hall–Kier alpha value is -2.63. The van der Waals surface area contributed by atoms with Crippen molar-refractivity contribution in [3.05, 3.63) is 52.2 Å². The maximum Gasteiger partial charge on any atom is 0.270 e. The van der Waals surface area contributed by atoms with E-state index in [0.717, 1.165) is 29.2 Å². The number of nitrogens with zero attached hydrogens (tertiary/aromatic N) is 2. The molecule has 0 radical (unpaired) electrons. The van der Waals surface area contributed by atoms with Crippen LogP contribution in [0.4, 0.5) is 5.69 Å². The number of hydrogen-bond acceptors (Lipinski definition) is 5. The zero-order valence-corrected chi connectivity index (χ0v) is 15.2. The number of anilines is 1. The number of benzene rings is 1. The topological polar surface area (TPSA) is 104 Å². The molecule has 0 bridgehead atoms. The van der Waals surface area contributed by atoms with Crippen LogP contribution in [-0.2, 0) is 17.1 Å². The van der Waals surface area contributed by atoms with Gasteiger partial charge in [0, 0.05) is 30.4 Å². The molecule has 1 aliphatic rings. The van der Waals surface area contributed by atoms with Crippen LogP contribution < -0.4 is 15.6 Å². The molecule has 1 aliphatic carbocycles. The van der Waals surface area contributed by atoms with Gasteiger partial charge in [-0.05, 0) is 24.8 Å². The zero-order valence-electron chi connectivity index (χ0n) is 14.4. The van der Waals surface area contributed by atoms with Gasteiger partial charge in [0.1, 0.15) is 11.6 Å². The SMILES string of the molecule is C=CS(=O)(=O)NCC1CC(Nc2c(C#N)c(=O)n(C)c3ccccc23)C1. The first-order chi connectivity index (χ1) is 12.4. The number of fused-ring (bicyclic) bond motifs is 1. The summed E-state index contributed by atoms with van der Waals surface area (Å²) in [6, 6.07) is 9.55. The Kier molecular flexibility index (Phi) is 4.85. The molecule has 0 atom stereocenters. The Balaban J connectivity index is 1.79. The normalized spacial score (nSPS) is 19.5. The lowest BCUT2D eigenvalue weighted by Crippen LogP contribution is -2.42. The summed E-state index contributed by atoms with van der Waals surface area (Å²) in [6.07, 6.45) is 1.52. The molecule has 1 aromatic carbocycles. The third kappa shape index (κ3) is 3.36. The molecule has 2 aromatic rings. The molecule has 2 N–H and O–H groups in total. The van der Waals surface area contributed by atoms with Gasteiger partial charge in [0.15, 0.2) is 0 Å². The Bertz CT molecular complexity index is 1060. The van der Waals surface area contributed by atoms with Gasteiger partial charge < -0.3 is 9.88 Å². The fraction of sp³-hybridized carbons (Fsp3) is 0.333. The molecule has 0 spiro atoms. The van der Waals surface area contributed by atoms with Crippen LogP contribution in [-0.4, -0.2) is 25.6 Å². The summed E-state index contributed by atoms with van der Waals surface area (Å²) in [5.74, 6) is 0.213. The van der Waals surface area contributed by atoms with Crippen molar-refractivity contribution < 1.29 is 8.42 Å². The standard InChI is InChI=1S/C18H20N4O3S/c1-3-26(24,25)20-11-12-8-13(9-12)21-17-14-6-4-5-7-16(14)22(2)18(23)15(17)10-19/h3-7,12-13,20-21H,1,8-9,11H2,2H3. The summed E-state index contributed by atoms with van der Waals surface area (Å²) >= 11 is 0. The minimum atomic E-state index is -3.41. The summed E-state index contributed by atoms with van der Waals surface area (Å²) in [6.45, 7) is 3.62. The van der Waals surface area contributed by atoms with Crippen LogP contribution in [0, 0.1) is 17.2 Å². The van der Waals surface area contributed by atoms with Crippen LogP contribution in [0.25, 0.3) is 10.9 Å². The number of hydrogen-bond donors (Lipinski definition) is 2. The first-order valence-electron chi connectivity index (χ1n) is 8.26. The van der Waals surface area contributed by atoms with Crippen molar-refractivity contribution in [3.63, 3.8) is 0 Å². The number of nitriles is 1. The molecule has 8 heteroatoms. The second kappa shape index (κ2) is 6.94. The highest BCUT2D eigenvalue weighted by Gasteiger charge is 2.31. The summed E-state index contributed by atoms with van der Waals surface area (Å²) < 4.78 is 26.8. The van der Waals surface area contributed by atoms with Gasteiger partial charge in [0.25, 0.3) is 5.56 Å². The summed E-state index contributed by atoms with van der Waals surface area (Å²) in [7, 11) is -1.76. The van der Waals surface area contributed by atoms with Crippen LogP contribution in [0.5, 0.6) is 0 Å². The van der Waals surface area contributed by atoms with E-state index >= 15 is 0 Å². The van der Waals surface area contributed by atoms with Crippen molar-refractivity contribution >= 4 is 26.6 Å². The predicted octanol–water partition coefficient (Wildman–Crippen LogP) is 1.66. The van der Waals surface area contributed by atoms with Crippen LogP contribution >= 0.6 is 0 Å². The summed E-state index contributed by atoms with van der Waals surface area (Å²) in [5, 5.41) is 14.5. The molecule has 136 valence electrons. The van der Waals surface area contributed by atoms with E-state index in [1.54, 1.807) is 7.05 Å². The summed E-state index contributed by atoms with van der Waals surface area (Å²) in [5.41, 5.74) is 1.08. The number of aromatic nitrogens is 1. The lowest BCUT2D eigenvalue weighted by Gasteiger charge is -2.37. The fourth-order valence-electron chi connectivity index (χ4n) is 3.27. The Morgan fingerprint density at radius 2 is 2.08 bits per heavy atom. The second-order valence-corrected chi connectivity index (χ2v) is 8.19. The van der Waals surface area contributed by atoms with Gasteiger partial charge in [-0.25, -0.2) is 13.1 Å². The molecule has 0 amide bonds. The highest BCUT2D eigenvalue weighted by Crippen LogP contribution is 2.33. The lowest BCUT2D eigenvalue weighted by molar-refractivity contribution is 0.284. The molecule has 0 saturated heterocycles. The first-order valence-corrected chi connectivity index (χ1v) is 9.81. The third-order valence-electron chi connectivity index (χ3n) is 4.79. The molecule has 3 rings (SSSR count). The maximum atomic E-state index is 12.4. The monoisotopic (exact) mass is 372 g/mol. The molecular formula is C18H20N4O3S. The minimum absolute atomic E-state index is 0.0934. The summed E-state index contributed by atoms with van der Waals surface area (Å²) in [4.78, 5) is 12.4. The number of rotatable bonds is 6. The molecule has 0 aliphatic heterocycles. The third-order valence-corrected chi connectivity index (χ3v) is 5.80. The van der Waals surface area contributed by atoms with E-state index in [0.29, 0.717) is 12.2 Å². The fourth-order valence-corrected chi connectivity index (χ4v) is 3.85. The molecule has 1 aromatic heterocycles. The van der Waals surface area contributed by atoms with E-state index in [-0.39, 0.29) is 23.1 Å². The van der Waals surface area contributed by atoms with Crippen LogP contribution in [0.2, 0.25) is 0 Å². The Morgan fingerprint density at radius 3 is 2.73 bits per heavy atom. The molecule has 1 fully saturated rings. The number of para-hydroxylation sites is 1. The van der Waals surface area contributed by atoms with Crippen molar-refractivity contribution in [1.82, 2.24) is 9.29 Å². The Morgan fingerprint density at radius 1 is 1.38 bits per heavy atom. The van der Waals surface area contributed by atoms with E-state index in [9.17, 15) is 18.5 Å². The van der Waals surface area contributed by atoms with Crippen LogP contribution in [0.3, 0.4) is 0 Å². The van der Waals surface area contributed by atoms with Crippen molar-refractivity contribution in [2.75, 3.05) is 11.9 Å². The minimum Gasteiger partial charge on any atom is -0.381 e. The molecular weight excluding hydrogens is 352 g/mol. The number of pyridine rings is 1. The molecule has 0 unspecified atom stereocenters. The van der Waals surface area contributed by atoms with Gasteiger partial charge in [0.05, 0.1) is 11.2 Å². The van der Waals surface area contributed by atoms with Crippen molar-refractivity contribution in [2.24, 2.45) is 13.0 Å². The lowest BCUT2D eigenvalue weighted by atomic mass is 9.80. The maximum absolute atomic E-state index is 12.4. The number of sulfonamides is 1. The van der Waals surface area contributed by atoms with Gasteiger partial charge in [-0.2, -0.15) is 5.26 Å². The predicted molar refractivity (Wildman–Crippen MR) is 101 cm³/mol. The van der Waals surface area contributed by atoms with Crippen molar-refractivity contribution in [3.8, 4) is 6.07 Å². The van der Waals surface area contributed by atoms with E-state index in [2.05, 4.69) is 16.6 Å². The quantitative estimate of drug-likeness (QED) is 0.803. The van der Waals surface area contributed by atoms with Gasteiger partial charge in [0.2, 0.25) is 10.0 Å². The van der Waals surface area contributed by atoms with Gasteiger partial charge in [-0.3, -0.25) is 4.79 Å². The van der Waals surface area contributed by atoms with E-state index in [4.69, 9.17) is 0 Å². The average molecular weight is 372 g/mol. The van der Waals surface area contributed by atoms with Gasteiger partial charge in [-0.1, -0.05) is 24.8 Å². The molecule has 1 saturated carbocycles. The molecule has 26 heavy (non-hydrogen) atoms. The highest BCUT2D eigenvalue weighted by molar-refractivity contribution is 7.92. The largest absolute Gasteiger partial charge is 0.381 e. The highest BCUT2D eigenvalue weighted by atomic mass is 32.2. The number of nitrogens with one attached hydrogen (secondary N) is 2. The van der Waals surface area contributed by atoms with Gasteiger partial charge >= 0.3 is 0 Å². The van der Waals surface area contributed by atoms with Crippen LogP contribution in [0.1, 0.15) is 18.4 Å². The van der Waals surface area contributed by atoms with Crippen LogP contribution in [0.15, 0.2) is 41.0 Å². The smallest absolute Gasteiger partial charge is 0.270 e. The molecule has 7 nitrogen and oxygen atoms in total. The van der Waals surface area contributed by atoms with Gasteiger partial charge in [-0.15, -0.1) is 0 Å². The molecule has 1 heterocycles.